The van der Waals surface area contributed by atoms with Gasteiger partial charge in [0.2, 0.25) is 0 Å². The molecule has 0 bridgehead atoms. The molecule has 1 nitrogen and oxygen atoms in total. The zero-order valence-corrected chi connectivity index (χ0v) is 11.2. The van der Waals surface area contributed by atoms with E-state index in [0.29, 0.717) is 10.0 Å². The first-order valence-electron chi connectivity index (χ1n) is 6.00. The summed E-state index contributed by atoms with van der Waals surface area (Å²) < 4.78 is 0. The summed E-state index contributed by atoms with van der Waals surface area (Å²) in [6.07, 6.45) is 6.28. The number of hydrogen-bond acceptors (Lipinski definition) is 1. The van der Waals surface area contributed by atoms with E-state index in [9.17, 15) is 5.26 Å². The summed E-state index contributed by atoms with van der Waals surface area (Å²) >= 11 is 12.1. The van der Waals surface area contributed by atoms with E-state index in [-0.39, 0.29) is 5.41 Å². The molecular weight excluding hydrogens is 253 g/mol. The molecule has 3 heteroatoms. The number of hydrogen-bond donors (Lipinski definition) is 0. The summed E-state index contributed by atoms with van der Waals surface area (Å²) in [5.74, 6) is 0. The molecule has 0 N–H and O–H groups in total. The Hall–Kier alpha value is -0.710. The zero-order valence-electron chi connectivity index (χ0n) is 9.68. The van der Waals surface area contributed by atoms with Crippen molar-refractivity contribution in [1.82, 2.24) is 0 Å². The van der Waals surface area contributed by atoms with Crippen LogP contribution < -0.4 is 0 Å². The van der Waals surface area contributed by atoms with Gasteiger partial charge in [0.05, 0.1) is 11.5 Å². The van der Waals surface area contributed by atoms with Crippen LogP contribution in [0.1, 0.15) is 37.7 Å². The molecule has 1 fully saturated rings. The fourth-order valence-electron chi connectivity index (χ4n) is 2.59. The Labute approximate surface area is 112 Å². The molecule has 2 rings (SSSR count). The standard InChI is InChI=1S/C14H15Cl2N/c15-12-5-4-11(13(16)8-12)9-14(10-17)6-2-1-3-7-14/h4-5,8H,1-3,6-7,9H2. The number of benzene rings is 1. The third-order valence-electron chi connectivity index (χ3n) is 3.59. The van der Waals surface area contributed by atoms with Crippen molar-refractivity contribution in [3.05, 3.63) is 33.8 Å². The van der Waals surface area contributed by atoms with Crippen molar-refractivity contribution >= 4 is 23.2 Å². The number of halogens is 2. The van der Waals surface area contributed by atoms with Crippen LogP contribution in [0.25, 0.3) is 0 Å². The molecule has 1 saturated carbocycles. The Kier molecular flexibility index (Phi) is 3.97. The van der Waals surface area contributed by atoms with Crippen molar-refractivity contribution in [2.45, 2.75) is 38.5 Å². The molecule has 0 aromatic heterocycles. The van der Waals surface area contributed by atoms with E-state index >= 15 is 0 Å². The average Bonchev–Trinajstić information content (AvgIpc) is 2.34. The smallest absolute Gasteiger partial charge is 0.0693 e. The minimum atomic E-state index is -0.213. The fourth-order valence-corrected chi connectivity index (χ4v) is 3.06. The van der Waals surface area contributed by atoms with Crippen LogP contribution in [-0.4, -0.2) is 0 Å². The number of nitrogens with zero attached hydrogens (tertiary/aromatic N) is 1. The molecule has 0 saturated heterocycles. The summed E-state index contributed by atoms with van der Waals surface area (Å²) in [5, 5.41) is 10.8. The van der Waals surface area contributed by atoms with Gasteiger partial charge < -0.3 is 0 Å². The third-order valence-corrected chi connectivity index (χ3v) is 4.18. The summed E-state index contributed by atoms with van der Waals surface area (Å²) in [7, 11) is 0. The molecule has 0 aliphatic heterocycles. The Balaban J connectivity index is 2.21. The van der Waals surface area contributed by atoms with Gasteiger partial charge in [-0.1, -0.05) is 48.5 Å². The lowest BCUT2D eigenvalue weighted by Gasteiger charge is -2.31. The van der Waals surface area contributed by atoms with E-state index in [4.69, 9.17) is 23.2 Å². The second kappa shape index (κ2) is 5.29. The van der Waals surface area contributed by atoms with E-state index in [2.05, 4.69) is 6.07 Å². The molecule has 0 unspecified atom stereocenters. The van der Waals surface area contributed by atoms with Gasteiger partial charge in [-0.3, -0.25) is 0 Å². The molecular formula is C14H15Cl2N. The van der Waals surface area contributed by atoms with Crippen LogP contribution in [0.5, 0.6) is 0 Å². The van der Waals surface area contributed by atoms with Crippen LogP contribution in [0.15, 0.2) is 18.2 Å². The Morgan fingerprint density at radius 3 is 2.47 bits per heavy atom. The largest absolute Gasteiger partial charge is 0.198 e. The van der Waals surface area contributed by atoms with Crippen LogP contribution in [0.2, 0.25) is 10.0 Å². The average molecular weight is 268 g/mol. The maximum Gasteiger partial charge on any atom is 0.0693 e. The van der Waals surface area contributed by atoms with E-state index in [1.165, 1.54) is 6.42 Å². The van der Waals surface area contributed by atoms with Gasteiger partial charge in [0, 0.05) is 10.0 Å². The van der Waals surface area contributed by atoms with Gasteiger partial charge in [0.1, 0.15) is 0 Å². The lowest BCUT2D eigenvalue weighted by Crippen LogP contribution is -2.24. The van der Waals surface area contributed by atoms with Gasteiger partial charge in [0.15, 0.2) is 0 Å². The topological polar surface area (TPSA) is 23.8 Å². The van der Waals surface area contributed by atoms with Gasteiger partial charge in [-0.15, -0.1) is 0 Å². The quantitative estimate of drug-likeness (QED) is 0.739. The van der Waals surface area contributed by atoms with E-state index < -0.39 is 0 Å². The van der Waals surface area contributed by atoms with Crippen LogP contribution in [-0.2, 0) is 6.42 Å². The molecule has 1 aliphatic carbocycles. The Morgan fingerprint density at radius 1 is 1.18 bits per heavy atom. The first-order valence-corrected chi connectivity index (χ1v) is 6.76. The lowest BCUT2D eigenvalue weighted by atomic mass is 9.71. The molecule has 0 amide bonds. The van der Waals surface area contributed by atoms with Crippen LogP contribution in [0.4, 0.5) is 0 Å². The van der Waals surface area contributed by atoms with Crippen molar-refractivity contribution in [2.75, 3.05) is 0 Å². The number of nitriles is 1. The van der Waals surface area contributed by atoms with Crippen LogP contribution >= 0.6 is 23.2 Å². The Bertz CT molecular complexity index is 442. The number of rotatable bonds is 2. The van der Waals surface area contributed by atoms with Crippen molar-refractivity contribution in [1.29, 1.82) is 5.26 Å². The predicted octanol–water partition coefficient (Wildman–Crippen LogP) is 5.01. The molecule has 0 radical (unpaired) electrons. The second-order valence-corrected chi connectivity index (χ2v) is 5.71. The highest BCUT2D eigenvalue weighted by Crippen LogP contribution is 2.40. The highest BCUT2D eigenvalue weighted by Gasteiger charge is 2.32. The van der Waals surface area contributed by atoms with E-state index in [0.717, 1.165) is 37.7 Å². The molecule has 1 aromatic carbocycles. The van der Waals surface area contributed by atoms with Gasteiger partial charge in [-0.05, 0) is 37.0 Å². The zero-order chi connectivity index (χ0) is 12.3. The lowest BCUT2D eigenvalue weighted by molar-refractivity contribution is 0.266. The SMILES string of the molecule is N#CC1(Cc2ccc(Cl)cc2Cl)CCCCC1. The molecule has 1 aliphatic rings. The van der Waals surface area contributed by atoms with Gasteiger partial charge in [0.25, 0.3) is 0 Å². The highest BCUT2D eigenvalue weighted by molar-refractivity contribution is 6.35. The Morgan fingerprint density at radius 2 is 1.88 bits per heavy atom. The minimum Gasteiger partial charge on any atom is -0.198 e. The van der Waals surface area contributed by atoms with Crippen molar-refractivity contribution < 1.29 is 0 Å². The predicted molar refractivity (Wildman–Crippen MR) is 71.3 cm³/mol. The van der Waals surface area contributed by atoms with Crippen molar-refractivity contribution in [2.24, 2.45) is 5.41 Å². The maximum atomic E-state index is 9.43. The molecule has 0 spiro atoms. The third kappa shape index (κ3) is 2.94. The van der Waals surface area contributed by atoms with Gasteiger partial charge >= 0.3 is 0 Å². The molecule has 0 heterocycles. The van der Waals surface area contributed by atoms with Gasteiger partial charge in [-0.2, -0.15) is 5.26 Å². The normalized spacial score (nSPS) is 18.6. The monoisotopic (exact) mass is 267 g/mol. The van der Waals surface area contributed by atoms with Crippen molar-refractivity contribution in [3.8, 4) is 6.07 Å². The minimum absolute atomic E-state index is 0.213. The van der Waals surface area contributed by atoms with Crippen LogP contribution in [0, 0.1) is 16.7 Å². The van der Waals surface area contributed by atoms with Crippen LogP contribution in [0.3, 0.4) is 0 Å². The summed E-state index contributed by atoms with van der Waals surface area (Å²) in [6.45, 7) is 0. The first-order chi connectivity index (χ1) is 8.15. The first kappa shape index (κ1) is 12.7. The molecule has 0 atom stereocenters. The molecule has 17 heavy (non-hydrogen) atoms. The fraction of sp³-hybridized carbons (Fsp3) is 0.500. The van der Waals surface area contributed by atoms with E-state index in [1.54, 1.807) is 6.07 Å². The van der Waals surface area contributed by atoms with Crippen molar-refractivity contribution in [3.63, 3.8) is 0 Å². The molecule has 1 aromatic rings. The van der Waals surface area contributed by atoms with E-state index in [1.807, 2.05) is 12.1 Å². The summed E-state index contributed by atoms with van der Waals surface area (Å²) in [5.41, 5.74) is 0.829. The molecule has 90 valence electrons. The maximum absolute atomic E-state index is 9.43. The highest BCUT2D eigenvalue weighted by atomic mass is 35.5. The van der Waals surface area contributed by atoms with Gasteiger partial charge in [-0.25, -0.2) is 0 Å². The summed E-state index contributed by atoms with van der Waals surface area (Å²) in [6, 6.07) is 8.06. The summed E-state index contributed by atoms with van der Waals surface area (Å²) in [4.78, 5) is 0. The second-order valence-electron chi connectivity index (χ2n) is 4.87.